The van der Waals surface area contributed by atoms with Crippen LogP contribution < -0.4 is 10.5 Å². The third-order valence-corrected chi connectivity index (χ3v) is 3.36. The summed E-state index contributed by atoms with van der Waals surface area (Å²) < 4.78 is 5.86. The lowest BCUT2D eigenvalue weighted by molar-refractivity contribution is 0.467. The van der Waals surface area contributed by atoms with Crippen LogP contribution in [0.25, 0.3) is 10.8 Å². The number of benzene rings is 1. The number of nitrogens with zero attached hydrogens (tertiary/aromatic N) is 3. The zero-order chi connectivity index (χ0) is 14.8. The van der Waals surface area contributed by atoms with Gasteiger partial charge in [0.15, 0.2) is 5.15 Å². The summed E-state index contributed by atoms with van der Waals surface area (Å²) >= 11 is 6.02. The normalized spacial score (nSPS) is 10.8. The minimum absolute atomic E-state index is 0.207. The van der Waals surface area contributed by atoms with E-state index in [1.54, 1.807) is 12.4 Å². The van der Waals surface area contributed by atoms with Crippen LogP contribution in [0.5, 0.6) is 11.6 Å². The summed E-state index contributed by atoms with van der Waals surface area (Å²) in [5, 5.41) is 2.11. The van der Waals surface area contributed by atoms with Crippen molar-refractivity contribution >= 4 is 28.1 Å². The predicted octanol–water partition coefficient (Wildman–Crippen LogP) is 3.62. The Morgan fingerprint density at radius 3 is 2.90 bits per heavy atom. The van der Waals surface area contributed by atoms with Crippen LogP contribution in [0.4, 0.5) is 5.69 Å². The van der Waals surface area contributed by atoms with Crippen LogP contribution in [0.3, 0.4) is 0 Å². The van der Waals surface area contributed by atoms with Crippen molar-refractivity contribution in [1.29, 1.82) is 0 Å². The van der Waals surface area contributed by atoms with Gasteiger partial charge in [-0.15, -0.1) is 0 Å². The molecular formula is C15H13ClN4O. The summed E-state index contributed by atoms with van der Waals surface area (Å²) in [5.74, 6) is 1.51. The smallest absolute Gasteiger partial charge is 0.247 e. The number of fused-ring (bicyclic) bond motifs is 1. The number of nitrogen functional groups attached to an aromatic ring is 1. The summed E-state index contributed by atoms with van der Waals surface area (Å²) in [6, 6.07) is 7.58. The second-order valence-corrected chi connectivity index (χ2v) is 4.82. The highest BCUT2D eigenvalue weighted by Gasteiger charge is 2.13. The molecule has 3 aromatic rings. The van der Waals surface area contributed by atoms with E-state index in [0.29, 0.717) is 18.0 Å². The molecule has 0 saturated carbocycles. The lowest BCUT2D eigenvalue weighted by Crippen LogP contribution is -2.02. The average Bonchev–Trinajstić information content (AvgIpc) is 2.52. The molecule has 0 fully saturated rings. The van der Waals surface area contributed by atoms with E-state index in [4.69, 9.17) is 22.1 Å². The Hall–Kier alpha value is -2.40. The fraction of sp³-hybridized carbons (Fsp3) is 0.133. The molecule has 0 aliphatic carbocycles. The fourth-order valence-corrected chi connectivity index (χ4v) is 2.16. The van der Waals surface area contributed by atoms with Crippen molar-refractivity contribution in [3.8, 4) is 11.6 Å². The summed E-state index contributed by atoms with van der Waals surface area (Å²) in [5.41, 5.74) is 6.14. The van der Waals surface area contributed by atoms with Gasteiger partial charge in [-0.1, -0.05) is 30.7 Å². The fourth-order valence-electron chi connectivity index (χ4n) is 1.99. The third-order valence-electron chi connectivity index (χ3n) is 3.07. The van der Waals surface area contributed by atoms with Gasteiger partial charge in [0.2, 0.25) is 5.88 Å². The Balaban J connectivity index is 2.09. The van der Waals surface area contributed by atoms with E-state index in [-0.39, 0.29) is 16.7 Å². The molecule has 1 aromatic carbocycles. The van der Waals surface area contributed by atoms with E-state index >= 15 is 0 Å². The van der Waals surface area contributed by atoms with E-state index in [2.05, 4.69) is 15.0 Å². The molecule has 5 nitrogen and oxygen atoms in total. The molecule has 21 heavy (non-hydrogen) atoms. The number of pyridine rings is 1. The maximum absolute atomic E-state index is 6.02. The van der Waals surface area contributed by atoms with E-state index in [9.17, 15) is 0 Å². The maximum atomic E-state index is 6.02. The molecule has 0 radical (unpaired) electrons. The van der Waals surface area contributed by atoms with Crippen LogP contribution in [-0.2, 0) is 6.42 Å². The van der Waals surface area contributed by atoms with E-state index < -0.39 is 0 Å². The minimum atomic E-state index is 0.207. The molecule has 0 spiro atoms. The lowest BCUT2D eigenvalue weighted by atomic mass is 10.1. The first-order chi connectivity index (χ1) is 10.2. The quantitative estimate of drug-likeness (QED) is 0.748. The van der Waals surface area contributed by atoms with Gasteiger partial charge in [0.1, 0.15) is 17.3 Å². The highest BCUT2D eigenvalue weighted by atomic mass is 35.5. The highest BCUT2D eigenvalue weighted by molar-refractivity contribution is 6.32. The lowest BCUT2D eigenvalue weighted by Gasteiger charge is -2.11. The first-order valence-electron chi connectivity index (χ1n) is 6.51. The number of ether oxygens (including phenoxy) is 1. The van der Waals surface area contributed by atoms with Gasteiger partial charge in [0.25, 0.3) is 0 Å². The van der Waals surface area contributed by atoms with Crippen LogP contribution in [0, 0.1) is 0 Å². The predicted molar refractivity (Wildman–Crippen MR) is 82.6 cm³/mol. The van der Waals surface area contributed by atoms with Crippen molar-refractivity contribution in [2.45, 2.75) is 13.3 Å². The van der Waals surface area contributed by atoms with Crippen LogP contribution in [-0.4, -0.2) is 15.0 Å². The van der Waals surface area contributed by atoms with Gasteiger partial charge in [-0.05, 0) is 12.1 Å². The first-order valence-corrected chi connectivity index (χ1v) is 6.89. The molecule has 2 N–H and O–H groups in total. The number of halogens is 1. The first kappa shape index (κ1) is 13.6. The Bertz CT molecular complexity index is 802. The molecule has 0 aliphatic heterocycles. The second kappa shape index (κ2) is 5.54. The Kier molecular flexibility index (Phi) is 3.58. The largest absolute Gasteiger partial charge is 0.436 e. The topological polar surface area (TPSA) is 73.9 Å². The van der Waals surface area contributed by atoms with Crippen LogP contribution >= 0.6 is 11.6 Å². The standard InChI is InChI=1S/C15H13ClN4O/c1-2-12-19-14(16)13(17)15(20-12)21-11-5-3-4-9-8-18-7-6-10(9)11/h3-8H,2,17H2,1H3. The third kappa shape index (κ3) is 2.60. The number of aryl methyl sites for hydroxylation is 1. The van der Waals surface area contributed by atoms with Gasteiger partial charge >= 0.3 is 0 Å². The van der Waals surface area contributed by atoms with E-state index in [1.807, 2.05) is 31.2 Å². The van der Waals surface area contributed by atoms with E-state index in [1.165, 1.54) is 0 Å². The molecule has 0 amide bonds. The van der Waals surface area contributed by atoms with Crippen LogP contribution in [0.15, 0.2) is 36.7 Å². The summed E-state index contributed by atoms with van der Waals surface area (Å²) in [7, 11) is 0. The number of aromatic nitrogens is 3. The number of hydrogen-bond donors (Lipinski definition) is 1. The number of rotatable bonds is 3. The van der Waals surface area contributed by atoms with Gasteiger partial charge in [-0.25, -0.2) is 4.98 Å². The molecule has 3 rings (SSSR count). The van der Waals surface area contributed by atoms with Crippen molar-refractivity contribution in [1.82, 2.24) is 15.0 Å². The average molecular weight is 301 g/mol. The van der Waals surface area contributed by atoms with E-state index in [0.717, 1.165) is 10.8 Å². The van der Waals surface area contributed by atoms with Crippen molar-refractivity contribution in [3.63, 3.8) is 0 Å². The summed E-state index contributed by atoms with van der Waals surface area (Å²) in [6.45, 7) is 1.94. The molecule has 6 heteroatoms. The van der Waals surface area contributed by atoms with Crippen molar-refractivity contribution in [3.05, 3.63) is 47.6 Å². The van der Waals surface area contributed by atoms with Gasteiger partial charge in [0, 0.05) is 29.6 Å². The van der Waals surface area contributed by atoms with Crippen LogP contribution in [0.1, 0.15) is 12.7 Å². The minimum Gasteiger partial charge on any atom is -0.436 e. The Labute approximate surface area is 126 Å². The Morgan fingerprint density at radius 1 is 1.24 bits per heavy atom. The molecule has 0 unspecified atom stereocenters. The number of nitrogens with two attached hydrogens (primary N) is 1. The van der Waals surface area contributed by atoms with Gasteiger partial charge in [0.05, 0.1) is 0 Å². The van der Waals surface area contributed by atoms with Gasteiger partial charge < -0.3 is 10.5 Å². The summed E-state index contributed by atoms with van der Waals surface area (Å²) in [4.78, 5) is 12.5. The Morgan fingerprint density at radius 2 is 2.10 bits per heavy atom. The van der Waals surface area contributed by atoms with Gasteiger partial charge in [-0.2, -0.15) is 4.98 Å². The molecule has 0 bridgehead atoms. The zero-order valence-corrected chi connectivity index (χ0v) is 12.1. The molecule has 0 atom stereocenters. The van der Waals surface area contributed by atoms with Crippen molar-refractivity contribution in [2.75, 3.05) is 5.73 Å². The maximum Gasteiger partial charge on any atom is 0.247 e. The molecule has 2 heterocycles. The monoisotopic (exact) mass is 300 g/mol. The molecule has 0 saturated heterocycles. The molecule has 106 valence electrons. The van der Waals surface area contributed by atoms with Crippen LogP contribution in [0.2, 0.25) is 5.15 Å². The number of hydrogen-bond acceptors (Lipinski definition) is 5. The van der Waals surface area contributed by atoms with Crippen molar-refractivity contribution < 1.29 is 4.74 Å². The molecule has 2 aromatic heterocycles. The second-order valence-electron chi connectivity index (χ2n) is 4.46. The highest BCUT2D eigenvalue weighted by Crippen LogP contribution is 2.33. The zero-order valence-electron chi connectivity index (χ0n) is 11.4. The number of anilines is 1. The summed E-state index contributed by atoms with van der Waals surface area (Å²) in [6.07, 6.45) is 4.13. The SMILES string of the molecule is CCc1nc(Cl)c(N)c(Oc2cccc3cnccc23)n1. The van der Waals surface area contributed by atoms with Gasteiger partial charge in [-0.3, -0.25) is 4.98 Å². The molecule has 0 aliphatic rings. The molecular weight excluding hydrogens is 288 g/mol. The van der Waals surface area contributed by atoms with Crippen molar-refractivity contribution in [2.24, 2.45) is 0 Å².